The van der Waals surface area contributed by atoms with Crippen LogP contribution in [0.3, 0.4) is 0 Å². The lowest BCUT2D eigenvalue weighted by atomic mass is 10.2. The van der Waals surface area contributed by atoms with E-state index in [9.17, 15) is 9.90 Å². The highest BCUT2D eigenvalue weighted by molar-refractivity contribution is 6.83. The highest BCUT2D eigenvalue weighted by Gasteiger charge is 2.08. The normalized spacial score (nSPS) is 11.5. The van der Waals surface area contributed by atoms with Gasteiger partial charge < -0.3 is 9.84 Å². The van der Waals surface area contributed by atoms with Gasteiger partial charge in [-0.3, -0.25) is 0 Å². The average Bonchev–Trinajstić information content (AvgIpc) is 2.46. The molecule has 0 saturated heterocycles. The Kier molecular flexibility index (Phi) is 7.46. The summed E-state index contributed by atoms with van der Waals surface area (Å²) >= 11 is 0. The number of aliphatic hydroxyl groups excluding tert-OH is 1. The summed E-state index contributed by atoms with van der Waals surface area (Å²) in [6.07, 6.45) is 0.215. The number of aliphatic hydroxyl groups is 1. The van der Waals surface area contributed by atoms with E-state index in [-0.39, 0.29) is 6.61 Å². The molecule has 0 aromatic heterocycles. The molecule has 22 heavy (non-hydrogen) atoms. The SMILES string of the molecule is C[Si](C)(C)C#CCC(O)CC#CCOC(=O)c1ccccc1. The second kappa shape index (κ2) is 9.10. The molecule has 0 aliphatic heterocycles. The Morgan fingerprint density at radius 2 is 1.77 bits per heavy atom. The van der Waals surface area contributed by atoms with E-state index >= 15 is 0 Å². The number of benzene rings is 1. The van der Waals surface area contributed by atoms with Gasteiger partial charge in [-0.05, 0) is 12.1 Å². The van der Waals surface area contributed by atoms with Crippen molar-refractivity contribution >= 4 is 14.0 Å². The van der Waals surface area contributed by atoms with Crippen LogP contribution in [0, 0.1) is 23.3 Å². The van der Waals surface area contributed by atoms with Gasteiger partial charge >= 0.3 is 5.97 Å². The van der Waals surface area contributed by atoms with Crippen LogP contribution in [0.2, 0.25) is 19.6 Å². The highest BCUT2D eigenvalue weighted by Crippen LogP contribution is 2.01. The summed E-state index contributed by atoms with van der Waals surface area (Å²) in [6.45, 7) is 6.51. The Balaban J connectivity index is 2.27. The highest BCUT2D eigenvalue weighted by atomic mass is 28.3. The van der Waals surface area contributed by atoms with Gasteiger partial charge in [0.05, 0.1) is 11.7 Å². The zero-order valence-electron chi connectivity index (χ0n) is 13.3. The maximum atomic E-state index is 11.6. The van der Waals surface area contributed by atoms with E-state index < -0.39 is 20.1 Å². The summed E-state index contributed by atoms with van der Waals surface area (Å²) in [4.78, 5) is 11.6. The van der Waals surface area contributed by atoms with Crippen molar-refractivity contribution in [2.24, 2.45) is 0 Å². The van der Waals surface area contributed by atoms with Crippen LogP contribution in [0.25, 0.3) is 0 Å². The summed E-state index contributed by atoms with van der Waals surface area (Å²) < 4.78 is 5.02. The molecule has 1 atom stereocenters. The zero-order valence-corrected chi connectivity index (χ0v) is 14.3. The van der Waals surface area contributed by atoms with Crippen LogP contribution in [0.5, 0.6) is 0 Å². The lowest BCUT2D eigenvalue weighted by molar-refractivity contribution is 0.0556. The van der Waals surface area contributed by atoms with Gasteiger partial charge in [0.1, 0.15) is 8.07 Å². The molecule has 3 nitrogen and oxygen atoms in total. The molecule has 0 heterocycles. The van der Waals surface area contributed by atoms with Crippen LogP contribution < -0.4 is 0 Å². The molecule has 0 aliphatic carbocycles. The van der Waals surface area contributed by atoms with Crippen molar-refractivity contribution in [2.45, 2.75) is 38.6 Å². The van der Waals surface area contributed by atoms with Crippen LogP contribution >= 0.6 is 0 Å². The number of carbonyl (C=O) groups excluding carboxylic acids is 1. The van der Waals surface area contributed by atoms with E-state index in [0.717, 1.165) is 0 Å². The minimum Gasteiger partial charge on any atom is -0.449 e. The third-order valence-electron chi connectivity index (χ3n) is 2.55. The Morgan fingerprint density at radius 3 is 2.41 bits per heavy atom. The molecule has 1 unspecified atom stereocenters. The molecule has 4 heteroatoms. The zero-order chi connectivity index (χ0) is 16.4. The molecule has 0 spiro atoms. The molecular formula is C18H22O3Si. The lowest BCUT2D eigenvalue weighted by Gasteiger charge is -2.05. The van der Waals surface area contributed by atoms with Gasteiger partial charge in [-0.1, -0.05) is 49.7 Å². The van der Waals surface area contributed by atoms with Crippen molar-refractivity contribution in [1.82, 2.24) is 0 Å². The molecule has 0 amide bonds. The van der Waals surface area contributed by atoms with Gasteiger partial charge in [0.25, 0.3) is 0 Å². The topological polar surface area (TPSA) is 46.5 Å². The average molecular weight is 314 g/mol. The van der Waals surface area contributed by atoms with Crippen molar-refractivity contribution in [3.05, 3.63) is 35.9 Å². The standard InChI is InChI=1S/C18H22O3Si/c1-22(2,3)15-9-13-17(19)12-7-8-14-21-18(20)16-10-5-4-6-11-16/h4-6,10-11,17,19H,12-14H2,1-3H3. The largest absolute Gasteiger partial charge is 0.449 e. The first-order valence-corrected chi connectivity index (χ1v) is 10.7. The number of esters is 1. The molecule has 1 N–H and O–H groups in total. The Labute approximate surface area is 133 Å². The molecule has 0 saturated carbocycles. The summed E-state index contributed by atoms with van der Waals surface area (Å²) in [5.41, 5.74) is 3.70. The van der Waals surface area contributed by atoms with E-state index in [0.29, 0.717) is 18.4 Å². The number of ether oxygens (including phenoxy) is 1. The van der Waals surface area contributed by atoms with Crippen LogP contribution in [0.1, 0.15) is 23.2 Å². The molecule has 0 fully saturated rings. The monoisotopic (exact) mass is 314 g/mol. The maximum Gasteiger partial charge on any atom is 0.339 e. The van der Waals surface area contributed by atoms with Gasteiger partial charge in [-0.25, -0.2) is 4.79 Å². The summed E-state index contributed by atoms with van der Waals surface area (Å²) in [6, 6.07) is 8.77. The van der Waals surface area contributed by atoms with Crippen LogP contribution in [0.4, 0.5) is 0 Å². The summed E-state index contributed by atoms with van der Waals surface area (Å²) in [5, 5.41) is 9.74. The number of rotatable bonds is 4. The second-order valence-electron chi connectivity index (χ2n) is 5.91. The summed E-state index contributed by atoms with van der Waals surface area (Å²) in [7, 11) is -1.38. The van der Waals surface area contributed by atoms with E-state index in [1.165, 1.54) is 0 Å². The number of hydrogen-bond acceptors (Lipinski definition) is 3. The minimum atomic E-state index is -1.38. The fraction of sp³-hybridized carbons (Fsp3) is 0.389. The molecular weight excluding hydrogens is 292 g/mol. The first-order chi connectivity index (χ1) is 10.4. The maximum absolute atomic E-state index is 11.6. The van der Waals surface area contributed by atoms with Crippen molar-refractivity contribution < 1.29 is 14.6 Å². The first-order valence-electron chi connectivity index (χ1n) is 7.24. The van der Waals surface area contributed by atoms with E-state index in [4.69, 9.17) is 4.74 Å². The van der Waals surface area contributed by atoms with Gasteiger partial charge in [0.15, 0.2) is 6.61 Å². The van der Waals surface area contributed by atoms with Crippen LogP contribution in [-0.2, 0) is 4.74 Å². The Hall–Kier alpha value is -2.01. The molecule has 1 aromatic rings. The van der Waals surface area contributed by atoms with Crippen LogP contribution in [0.15, 0.2) is 30.3 Å². The van der Waals surface area contributed by atoms with Gasteiger partial charge in [-0.2, -0.15) is 0 Å². The van der Waals surface area contributed by atoms with Crippen LogP contribution in [-0.4, -0.2) is 31.9 Å². The lowest BCUT2D eigenvalue weighted by Crippen LogP contribution is -2.16. The van der Waals surface area contributed by atoms with Crippen molar-refractivity contribution in [3.63, 3.8) is 0 Å². The Bertz CT molecular complexity index is 594. The number of hydrogen-bond donors (Lipinski definition) is 1. The third-order valence-corrected chi connectivity index (χ3v) is 3.48. The summed E-state index contributed by atoms with van der Waals surface area (Å²) in [5.74, 6) is 8.16. The third kappa shape index (κ3) is 8.31. The molecule has 116 valence electrons. The van der Waals surface area contributed by atoms with E-state index in [1.807, 2.05) is 6.07 Å². The van der Waals surface area contributed by atoms with Crippen molar-refractivity contribution in [3.8, 4) is 23.3 Å². The molecule has 1 rings (SSSR count). The van der Waals surface area contributed by atoms with E-state index in [2.05, 4.69) is 42.9 Å². The molecule has 0 bridgehead atoms. The minimum absolute atomic E-state index is 0.0288. The predicted molar refractivity (Wildman–Crippen MR) is 90.9 cm³/mol. The fourth-order valence-electron chi connectivity index (χ4n) is 1.51. The van der Waals surface area contributed by atoms with Gasteiger partial charge in [0.2, 0.25) is 0 Å². The quantitative estimate of drug-likeness (QED) is 0.528. The van der Waals surface area contributed by atoms with Crippen molar-refractivity contribution in [1.29, 1.82) is 0 Å². The van der Waals surface area contributed by atoms with E-state index in [1.54, 1.807) is 24.3 Å². The van der Waals surface area contributed by atoms with Gasteiger partial charge in [0, 0.05) is 12.8 Å². The molecule has 1 aromatic carbocycles. The molecule has 0 radical (unpaired) electrons. The fourth-order valence-corrected chi connectivity index (χ4v) is 2.14. The first kappa shape index (κ1) is 18.0. The predicted octanol–water partition coefficient (Wildman–Crippen LogP) is 2.87. The smallest absolute Gasteiger partial charge is 0.339 e. The Morgan fingerprint density at radius 1 is 1.14 bits per heavy atom. The molecule has 0 aliphatic rings. The second-order valence-corrected chi connectivity index (χ2v) is 10.7. The number of carbonyl (C=O) groups is 1. The van der Waals surface area contributed by atoms with Crippen molar-refractivity contribution in [2.75, 3.05) is 6.61 Å². The van der Waals surface area contributed by atoms with Gasteiger partial charge in [-0.15, -0.1) is 11.5 Å².